The molecule has 6 heteroatoms. The lowest BCUT2D eigenvalue weighted by Crippen LogP contribution is -2.42. The molecule has 0 unspecified atom stereocenters. The molecule has 2 aromatic carbocycles. The number of pyridine rings is 1. The van der Waals surface area contributed by atoms with Gasteiger partial charge in [0.05, 0.1) is 0 Å². The van der Waals surface area contributed by atoms with Crippen LogP contribution in [0.4, 0.5) is 4.39 Å². The van der Waals surface area contributed by atoms with Crippen molar-refractivity contribution >= 4 is 28.7 Å². The molecule has 0 aliphatic heterocycles. The topological polar surface area (TPSA) is 43.9 Å². The molecular formula is C27H24FN3OS. The van der Waals surface area contributed by atoms with E-state index in [1.807, 2.05) is 85.4 Å². The molecule has 2 heterocycles. The fourth-order valence-electron chi connectivity index (χ4n) is 3.86. The van der Waals surface area contributed by atoms with Gasteiger partial charge in [-0.3, -0.25) is 0 Å². The summed E-state index contributed by atoms with van der Waals surface area (Å²) in [4.78, 5) is 0.367. The van der Waals surface area contributed by atoms with Crippen molar-refractivity contribution in [2.24, 2.45) is 0 Å². The molecule has 0 aliphatic rings. The first-order valence-electron chi connectivity index (χ1n) is 10.6. The molecule has 0 aliphatic carbocycles. The Kier molecular flexibility index (Phi) is 6.66. The number of aromatic nitrogens is 2. The average molecular weight is 458 g/mol. The van der Waals surface area contributed by atoms with E-state index in [1.54, 1.807) is 16.7 Å². The van der Waals surface area contributed by atoms with Gasteiger partial charge in [-0.05, 0) is 61.1 Å². The molecule has 0 spiro atoms. The van der Waals surface area contributed by atoms with E-state index in [0.29, 0.717) is 22.8 Å². The summed E-state index contributed by atoms with van der Waals surface area (Å²) in [5, 5.41) is 17.0. The third-order valence-corrected chi connectivity index (χ3v) is 5.80. The number of benzene rings is 2. The highest BCUT2D eigenvalue weighted by atomic mass is 32.1. The Morgan fingerprint density at radius 3 is 2.27 bits per heavy atom. The summed E-state index contributed by atoms with van der Waals surface area (Å²) in [6, 6.07) is 23.6. The molecule has 2 aromatic heterocycles. The van der Waals surface area contributed by atoms with Gasteiger partial charge in [0, 0.05) is 35.8 Å². The number of nitrogens with zero attached hydrogens (tertiary/aromatic N) is 2. The second-order valence-electron chi connectivity index (χ2n) is 7.73. The molecule has 0 bridgehead atoms. The Morgan fingerprint density at radius 1 is 0.970 bits per heavy atom. The van der Waals surface area contributed by atoms with E-state index in [0.717, 1.165) is 22.6 Å². The largest absolute Gasteiger partial charge is 0.867 e. The fourth-order valence-corrected chi connectivity index (χ4v) is 4.13. The smallest absolute Gasteiger partial charge is 0.238 e. The van der Waals surface area contributed by atoms with Crippen molar-refractivity contribution in [3.05, 3.63) is 120 Å². The van der Waals surface area contributed by atoms with Crippen molar-refractivity contribution in [1.29, 1.82) is 0 Å². The molecule has 0 fully saturated rings. The number of nitrogens with one attached hydrogen (secondary N) is 1. The van der Waals surface area contributed by atoms with Crippen LogP contribution >= 0.6 is 12.2 Å². The van der Waals surface area contributed by atoms with E-state index in [-0.39, 0.29) is 11.6 Å². The van der Waals surface area contributed by atoms with Gasteiger partial charge in [0.15, 0.2) is 17.4 Å². The number of hydrogen-bond acceptors (Lipinski definition) is 2. The zero-order valence-corrected chi connectivity index (χ0v) is 19.3. The zero-order chi connectivity index (χ0) is 23.4. The molecule has 1 N–H and O–H groups in total. The van der Waals surface area contributed by atoms with Crippen LogP contribution in [0.1, 0.15) is 22.5 Å². The molecular weight excluding hydrogens is 433 g/mol. The highest BCUT2D eigenvalue weighted by molar-refractivity contribution is 7.81. The Morgan fingerprint density at radius 2 is 1.61 bits per heavy atom. The molecule has 4 rings (SSSR count). The van der Waals surface area contributed by atoms with Crippen LogP contribution in [0.25, 0.3) is 17.1 Å². The Labute approximate surface area is 198 Å². The first kappa shape index (κ1) is 22.4. The predicted octanol–water partition coefficient (Wildman–Crippen LogP) is 4.32. The van der Waals surface area contributed by atoms with Gasteiger partial charge in [-0.25, -0.2) is 4.39 Å². The SMILES string of the molecule is Cc1cc(/C([O-])=C(/C(=S)NCc2ccccc2)[n+]2ccccc2)c(C)n1-c1ccc(F)cc1. The van der Waals surface area contributed by atoms with Crippen molar-refractivity contribution in [2.45, 2.75) is 20.4 Å². The van der Waals surface area contributed by atoms with Gasteiger partial charge < -0.3 is 15.0 Å². The van der Waals surface area contributed by atoms with Crippen molar-refractivity contribution in [2.75, 3.05) is 0 Å². The summed E-state index contributed by atoms with van der Waals surface area (Å²) in [5.74, 6) is -0.485. The number of hydrogen-bond donors (Lipinski definition) is 1. The van der Waals surface area contributed by atoms with E-state index in [9.17, 15) is 9.50 Å². The minimum absolute atomic E-state index is 0.182. The van der Waals surface area contributed by atoms with E-state index in [4.69, 9.17) is 12.2 Å². The molecule has 33 heavy (non-hydrogen) atoms. The summed E-state index contributed by atoms with van der Waals surface area (Å²) < 4.78 is 17.1. The van der Waals surface area contributed by atoms with Crippen LogP contribution in [0.5, 0.6) is 0 Å². The summed E-state index contributed by atoms with van der Waals surface area (Å²) in [5.41, 5.74) is 4.43. The van der Waals surface area contributed by atoms with Gasteiger partial charge in [-0.2, -0.15) is 4.57 Å². The second-order valence-corrected chi connectivity index (χ2v) is 8.13. The third-order valence-electron chi connectivity index (χ3n) is 5.46. The average Bonchev–Trinajstić information content (AvgIpc) is 3.13. The quantitative estimate of drug-likeness (QED) is 0.203. The van der Waals surface area contributed by atoms with E-state index in [2.05, 4.69) is 5.32 Å². The van der Waals surface area contributed by atoms with Crippen LogP contribution in [-0.4, -0.2) is 9.56 Å². The van der Waals surface area contributed by atoms with Gasteiger partial charge in [-0.1, -0.05) is 48.6 Å². The Hall–Kier alpha value is -3.77. The maximum Gasteiger partial charge on any atom is 0.238 e. The summed E-state index contributed by atoms with van der Waals surface area (Å²) in [6.45, 7) is 4.32. The monoisotopic (exact) mass is 457 g/mol. The lowest BCUT2D eigenvalue weighted by Gasteiger charge is -2.17. The van der Waals surface area contributed by atoms with Crippen molar-refractivity contribution < 1.29 is 14.1 Å². The van der Waals surface area contributed by atoms with Gasteiger partial charge in [0.25, 0.3) is 0 Å². The molecule has 166 valence electrons. The summed E-state index contributed by atoms with van der Waals surface area (Å²) in [7, 11) is 0. The van der Waals surface area contributed by atoms with E-state index < -0.39 is 0 Å². The van der Waals surface area contributed by atoms with Crippen molar-refractivity contribution in [3.63, 3.8) is 0 Å². The number of thiocarbonyl (C=S) groups is 1. The molecule has 0 saturated carbocycles. The zero-order valence-electron chi connectivity index (χ0n) is 18.5. The lowest BCUT2D eigenvalue weighted by molar-refractivity contribution is -0.578. The highest BCUT2D eigenvalue weighted by Gasteiger charge is 2.21. The van der Waals surface area contributed by atoms with Crippen LogP contribution in [0, 0.1) is 19.7 Å². The molecule has 0 saturated heterocycles. The van der Waals surface area contributed by atoms with E-state index in [1.165, 1.54) is 12.1 Å². The first-order valence-corrected chi connectivity index (χ1v) is 11.0. The molecule has 4 nitrogen and oxygen atoms in total. The molecule has 0 amide bonds. The third kappa shape index (κ3) is 4.86. The second kappa shape index (κ2) is 9.79. The first-order chi connectivity index (χ1) is 16.0. The molecule has 0 radical (unpaired) electrons. The normalized spacial score (nSPS) is 11.7. The minimum atomic E-state index is -0.302. The van der Waals surface area contributed by atoms with E-state index >= 15 is 0 Å². The van der Waals surface area contributed by atoms with Crippen molar-refractivity contribution in [3.8, 4) is 5.69 Å². The minimum Gasteiger partial charge on any atom is -0.867 e. The maximum absolute atomic E-state index is 13.8. The van der Waals surface area contributed by atoms with Crippen LogP contribution in [0.2, 0.25) is 0 Å². The van der Waals surface area contributed by atoms with Crippen molar-refractivity contribution in [1.82, 2.24) is 9.88 Å². The van der Waals surface area contributed by atoms with Gasteiger partial charge in [0.1, 0.15) is 5.82 Å². The number of rotatable bonds is 6. The highest BCUT2D eigenvalue weighted by Crippen LogP contribution is 2.26. The standard InChI is InChI=1S/C27H24FN3OS/c1-19-17-24(20(2)31(19)23-13-11-22(28)12-14-23)26(32)25(30-15-7-4-8-16-30)27(33)29-18-21-9-5-3-6-10-21/h3-17H,18H2,1-2H3,(H-,29,32,33). The van der Waals surface area contributed by atoms with Crippen LogP contribution in [0.15, 0.2) is 91.3 Å². The Balaban J connectivity index is 1.77. The van der Waals surface area contributed by atoms with Gasteiger partial charge in [0.2, 0.25) is 5.70 Å². The molecule has 0 atom stereocenters. The van der Waals surface area contributed by atoms with Crippen LogP contribution in [-0.2, 0) is 6.54 Å². The number of halogens is 1. The summed E-state index contributed by atoms with van der Waals surface area (Å²) in [6.07, 6.45) is 3.62. The Bertz CT molecular complexity index is 1300. The lowest BCUT2D eigenvalue weighted by atomic mass is 10.1. The fraction of sp³-hybridized carbons (Fsp3) is 0.111. The maximum atomic E-state index is 13.8. The van der Waals surface area contributed by atoms with Gasteiger partial charge >= 0.3 is 0 Å². The predicted molar refractivity (Wildman–Crippen MR) is 131 cm³/mol. The summed E-state index contributed by atoms with van der Waals surface area (Å²) >= 11 is 5.69. The number of aryl methyl sites for hydroxylation is 1. The molecule has 4 aromatic rings. The van der Waals surface area contributed by atoms with Crippen LogP contribution < -0.4 is 15.0 Å². The van der Waals surface area contributed by atoms with Crippen LogP contribution in [0.3, 0.4) is 0 Å². The van der Waals surface area contributed by atoms with Gasteiger partial charge in [-0.15, -0.1) is 0 Å².